The van der Waals surface area contributed by atoms with Gasteiger partial charge in [-0.2, -0.15) is 0 Å². The largest absolute Gasteiger partial charge is 0.506 e. The molecule has 2 heterocycles. The van der Waals surface area contributed by atoms with Gasteiger partial charge in [0.15, 0.2) is 0 Å². The molecule has 0 aliphatic heterocycles. The van der Waals surface area contributed by atoms with Crippen molar-refractivity contribution in [3.05, 3.63) is 75.9 Å². The molecule has 0 bridgehead atoms. The van der Waals surface area contributed by atoms with E-state index in [0.717, 1.165) is 17.5 Å². The highest BCUT2D eigenvalue weighted by atomic mass is 32.1. The number of aliphatic hydroxyl groups is 1. The number of unbranched alkanes of at least 4 members (excludes halogenated alkanes) is 1. The number of hydrogen-bond donors (Lipinski definition) is 4. The van der Waals surface area contributed by atoms with Crippen molar-refractivity contribution >= 4 is 28.1 Å². The lowest BCUT2D eigenvalue weighted by atomic mass is 9.99. The molecule has 0 saturated heterocycles. The van der Waals surface area contributed by atoms with Crippen LogP contribution in [-0.2, 0) is 0 Å². The lowest BCUT2D eigenvalue weighted by Crippen LogP contribution is -2.24. The number of aliphatic hydroxyl groups excluding tert-OH is 1. The van der Waals surface area contributed by atoms with Crippen LogP contribution in [0.1, 0.15) is 23.2 Å². The molecular formula is C24H22N2O4S. The van der Waals surface area contributed by atoms with Crippen LogP contribution in [0.5, 0.6) is 5.75 Å². The van der Waals surface area contributed by atoms with Crippen LogP contribution in [0.3, 0.4) is 0 Å². The first-order chi connectivity index (χ1) is 15.1. The Morgan fingerprint density at radius 1 is 1.03 bits per heavy atom. The van der Waals surface area contributed by atoms with Gasteiger partial charge in [0.2, 0.25) is 0 Å². The number of carbonyl (C=O) groups is 1. The molecule has 4 N–H and O–H groups in total. The number of aromatic amines is 1. The zero-order valence-electron chi connectivity index (χ0n) is 16.7. The summed E-state index contributed by atoms with van der Waals surface area (Å²) in [6.07, 6.45) is 1.37. The molecule has 2 aromatic heterocycles. The summed E-state index contributed by atoms with van der Waals surface area (Å²) in [7, 11) is 0. The molecule has 0 unspecified atom stereocenters. The number of rotatable bonds is 7. The zero-order chi connectivity index (χ0) is 21.8. The van der Waals surface area contributed by atoms with E-state index in [1.165, 1.54) is 11.3 Å². The third-order valence-corrected chi connectivity index (χ3v) is 5.97. The molecule has 158 valence electrons. The summed E-state index contributed by atoms with van der Waals surface area (Å²) in [6.45, 7) is 0.617. The van der Waals surface area contributed by atoms with Crippen molar-refractivity contribution in [2.75, 3.05) is 13.2 Å². The summed E-state index contributed by atoms with van der Waals surface area (Å²) in [5, 5.41) is 25.0. The number of aromatic nitrogens is 1. The Bertz CT molecular complexity index is 1280. The fraction of sp³-hybridized carbons (Fsp3) is 0.167. The van der Waals surface area contributed by atoms with Gasteiger partial charge in [0.1, 0.15) is 5.75 Å². The highest BCUT2D eigenvalue weighted by Gasteiger charge is 2.15. The number of pyridine rings is 1. The van der Waals surface area contributed by atoms with Crippen LogP contribution < -0.4 is 10.9 Å². The summed E-state index contributed by atoms with van der Waals surface area (Å²) in [5.74, 6) is -0.228. The van der Waals surface area contributed by atoms with Crippen molar-refractivity contribution in [1.29, 1.82) is 0 Å². The quantitative estimate of drug-likeness (QED) is 0.328. The van der Waals surface area contributed by atoms with Crippen molar-refractivity contribution in [2.24, 2.45) is 0 Å². The van der Waals surface area contributed by atoms with Crippen molar-refractivity contribution < 1.29 is 15.0 Å². The van der Waals surface area contributed by atoms with Crippen LogP contribution in [0.2, 0.25) is 0 Å². The summed E-state index contributed by atoms with van der Waals surface area (Å²) in [5.41, 5.74) is 2.65. The molecule has 7 heteroatoms. The van der Waals surface area contributed by atoms with Crippen LogP contribution >= 0.6 is 11.3 Å². The molecule has 0 aliphatic carbocycles. The molecule has 0 fully saturated rings. The van der Waals surface area contributed by atoms with Crippen LogP contribution in [0.25, 0.3) is 32.5 Å². The Morgan fingerprint density at radius 2 is 1.87 bits per heavy atom. The molecule has 0 saturated carbocycles. The lowest BCUT2D eigenvalue weighted by Gasteiger charge is -2.10. The van der Waals surface area contributed by atoms with E-state index in [-0.39, 0.29) is 29.4 Å². The summed E-state index contributed by atoms with van der Waals surface area (Å²) >= 11 is 1.39. The fourth-order valence-corrected chi connectivity index (χ4v) is 4.25. The number of carbonyl (C=O) groups excluding carboxylic acids is 1. The van der Waals surface area contributed by atoms with Gasteiger partial charge in [-0.05, 0) is 59.7 Å². The van der Waals surface area contributed by atoms with Gasteiger partial charge in [0.25, 0.3) is 11.5 Å². The van der Waals surface area contributed by atoms with E-state index in [1.54, 1.807) is 24.3 Å². The van der Waals surface area contributed by atoms with Gasteiger partial charge in [-0.25, -0.2) is 0 Å². The highest BCUT2D eigenvalue weighted by Crippen LogP contribution is 2.36. The van der Waals surface area contributed by atoms with E-state index < -0.39 is 0 Å². The lowest BCUT2D eigenvalue weighted by molar-refractivity contribution is 0.0952. The summed E-state index contributed by atoms with van der Waals surface area (Å²) in [4.78, 5) is 28.4. The monoisotopic (exact) mass is 434 g/mol. The van der Waals surface area contributed by atoms with Gasteiger partial charge >= 0.3 is 0 Å². The topological polar surface area (TPSA) is 102 Å². The molecule has 2 aromatic carbocycles. The van der Waals surface area contributed by atoms with Crippen LogP contribution in [-0.4, -0.2) is 34.3 Å². The Kier molecular flexibility index (Phi) is 6.16. The Balaban J connectivity index is 1.69. The second kappa shape index (κ2) is 9.16. The Hall–Kier alpha value is -3.42. The average molecular weight is 435 g/mol. The number of benzene rings is 2. The van der Waals surface area contributed by atoms with E-state index in [4.69, 9.17) is 5.11 Å². The second-order valence-corrected chi connectivity index (χ2v) is 8.13. The maximum atomic E-state index is 12.5. The van der Waals surface area contributed by atoms with Gasteiger partial charge in [-0.15, -0.1) is 11.3 Å². The Labute approximate surface area is 182 Å². The van der Waals surface area contributed by atoms with Crippen molar-refractivity contribution in [3.8, 4) is 27.3 Å². The minimum Gasteiger partial charge on any atom is -0.506 e. The number of H-pyrrole nitrogens is 1. The van der Waals surface area contributed by atoms with Crippen LogP contribution in [0, 0.1) is 0 Å². The van der Waals surface area contributed by atoms with E-state index in [9.17, 15) is 14.7 Å². The minimum absolute atomic E-state index is 0.0548. The number of fused-ring (bicyclic) bond motifs is 1. The molecule has 1 amide bonds. The first-order valence-corrected chi connectivity index (χ1v) is 10.9. The third-order valence-electron chi connectivity index (χ3n) is 5.08. The molecule has 6 nitrogen and oxygen atoms in total. The zero-order valence-corrected chi connectivity index (χ0v) is 17.5. The summed E-state index contributed by atoms with van der Waals surface area (Å²) in [6, 6.07) is 16.3. The average Bonchev–Trinajstić information content (AvgIpc) is 3.31. The normalized spacial score (nSPS) is 11.0. The van der Waals surface area contributed by atoms with E-state index in [2.05, 4.69) is 10.3 Å². The molecule has 4 rings (SSSR count). The second-order valence-electron chi connectivity index (χ2n) is 7.18. The van der Waals surface area contributed by atoms with Gasteiger partial charge in [-0.3, -0.25) is 9.59 Å². The molecule has 4 aromatic rings. The van der Waals surface area contributed by atoms with E-state index >= 15 is 0 Å². The van der Waals surface area contributed by atoms with E-state index in [0.29, 0.717) is 34.3 Å². The molecule has 0 spiro atoms. The molecule has 0 radical (unpaired) electrons. The smallest absolute Gasteiger partial charge is 0.260 e. The standard InChI is InChI=1S/C24H22N2O4S/c27-11-2-1-10-25-23(29)17-6-3-5-15(13-17)16-8-9-19-18(14-16)22(28)21(24(30)26-19)20-7-4-12-31-20/h3-9,12-14,27H,1-2,10-11H2,(H,25,29)(H2,26,28,30). The third kappa shape index (κ3) is 4.38. The van der Waals surface area contributed by atoms with Gasteiger partial charge in [0, 0.05) is 29.0 Å². The highest BCUT2D eigenvalue weighted by molar-refractivity contribution is 7.13. The number of nitrogens with one attached hydrogen (secondary N) is 2. The SMILES string of the molecule is O=C(NCCCCO)c1cccc(-c2ccc3[nH]c(=O)c(-c4cccs4)c(O)c3c2)c1. The number of amides is 1. The summed E-state index contributed by atoms with van der Waals surface area (Å²) < 4.78 is 0. The molecule has 0 atom stereocenters. The molecule has 31 heavy (non-hydrogen) atoms. The van der Waals surface area contributed by atoms with Gasteiger partial charge in [0.05, 0.1) is 11.1 Å². The van der Waals surface area contributed by atoms with Crippen LogP contribution in [0.4, 0.5) is 0 Å². The maximum absolute atomic E-state index is 12.5. The Morgan fingerprint density at radius 3 is 2.65 bits per heavy atom. The van der Waals surface area contributed by atoms with Crippen molar-refractivity contribution in [3.63, 3.8) is 0 Å². The predicted octanol–water partition coefficient (Wildman–Crippen LogP) is 4.13. The van der Waals surface area contributed by atoms with Crippen molar-refractivity contribution in [1.82, 2.24) is 10.3 Å². The van der Waals surface area contributed by atoms with E-state index in [1.807, 2.05) is 35.7 Å². The minimum atomic E-state index is -0.333. The first kappa shape index (κ1) is 20.8. The number of aromatic hydroxyl groups is 1. The van der Waals surface area contributed by atoms with Gasteiger partial charge in [-0.1, -0.05) is 24.3 Å². The predicted molar refractivity (Wildman–Crippen MR) is 124 cm³/mol. The fourth-order valence-electron chi connectivity index (χ4n) is 3.49. The molecule has 0 aliphatic rings. The number of thiophene rings is 1. The number of hydrogen-bond acceptors (Lipinski definition) is 5. The maximum Gasteiger partial charge on any atom is 0.260 e. The molecular weight excluding hydrogens is 412 g/mol. The van der Waals surface area contributed by atoms with Gasteiger partial charge < -0.3 is 20.5 Å². The van der Waals surface area contributed by atoms with Crippen LogP contribution in [0.15, 0.2) is 64.8 Å². The first-order valence-electron chi connectivity index (χ1n) is 10.0. The van der Waals surface area contributed by atoms with Crippen molar-refractivity contribution in [2.45, 2.75) is 12.8 Å².